The molecule has 4 aromatic rings. The van der Waals surface area contributed by atoms with Crippen molar-refractivity contribution in [3.05, 3.63) is 87.2 Å². The number of halogens is 5. The van der Waals surface area contributed by atoms with Crippen molar-refractivity contribution >= 4 is 51.4 Å². The molecule has 4 nitrogen and oxygen atoms in total. The molecule has 0 amide bonds. The maximum absolute atomic E-state index is 15.2. The minimum absolute atomic E-state index is 0.130. The molecule has 0 saturated heterocycles. The van der Waals surface area contributed by atoms with Crippen molar-refractivity contribution in [1.82, 2.24) is 9.78 Å². The van der Waals surface area contributed by atoms with E-state index >= 15 is 4.39 Å². The van der Waals surface area contributed by atoms with Crippen LogP contribution in [0.25, 0.3) is 16.6 Å². The van der Waals surface area contributed by atoms with Crippen molar-refractivity contribution < 1.29 is 13.9 Å². The van der Waals surface area contributed by atoms with Crippen molar-refractivity contribution in [2.75, 3.05) is 5.32 Å². The monoisotopic (exact) mass is 481 g/mol. The molecule has 0 aliphatic rings. The molecule has 1 heterocycles. The van der Waals surface area contributed by atoms with Crippen LogP contribution >= 0.6 is 34.8 Å². The minimum atomic E-state index is -1.94. The topological polar surface area (TPSA) is 50.1 Å². The third-order valence-electron chi connectivity index (χ3n) is 5.00. The van der Waals surface area contributed by atoms with Crippen LogP contribution in [0.3, 0.4) is 0 Å². The molecule has 2 atom stereocenters. The Morgan fingerprint density at radius 3 is 2.32 bits per heavy atom. The maximum Gasteiger partial charge on any atom is 0.203 e. The summed E-state index contributed by atoms with van der Waals surface area (Å²) in [6.45, 7) is 1.34. The number of fused-ring (bicyclic) bond motifs is 1. The minimum Gasteiger partial charge on any atom is -0.380 e. The van der Waals surface area contributed by atoms with Crippen molar-refractivity contribution in [3.8, 4) is 5.69 Å². The Kier molecular flexibility index (Phi) is 5.83. The lowest BCUT2D eigenvalue weighted by atomic mass is 9.93. The maximum atomic E-state index is 15.2. The molecule has 31 heavy (non-hydrogen) atoms. The summed E-state index contributed by atoms with van der Waals surface area (Å²) >= 11 is 18.1. The number of anilines is 1. The average molecular weight is 483 g/mol. The molecule has 0 spiro atoms. The van der Waals surface area contributed by atoms with E-state index in [1.807, 2.05) is 0 Å². The van der Waals surface area contributed by atoms with Crippen LogP contribution in [0.2, 0.25) is 15.1 Å². The van der Waals surface area contributed by atoms with Gasteiger partial charge in [-0.05, 0) is 61.0 Å². The molecule has 2 unspecified atom stereocenters. The molecule has 0 radical (unpaired) electrons. The van der Waals surface area contributed by atoms with Gasteiger partial charge in [-0.2, -0.15) is 5.10 Å². The van der Waals surface area contributed by atoms with Crippen LogP contribution in [0.15, 0.2) is 60.8 Å². The summed E-state index contributed by atoms with van der Waals surface area (Å²) in [5, 5.41) is 19.1. The first-order valence-corrected chi connectivity index (χ1v) is 10.3. The molecule has 0 aliphatic carbocycles. The highest BCUT2D eigenvalue weighted by Gasteiger charge is 2.35. The summed E-state index contributed by atoms with van der Waals surface area (Å²) in [5.74, 6) is -0.346. The summed E-state index contributed by atoms with van der Waals surface area (Å²) in [6, 6.07) is 13.7. The van der Waals surface area contributed by atoms with Gasteiger partial charge in [-0.15, -0.1) is 0 Å². The summed E-state index contributed by atoms with van der Waals surface area (Å²) in [6.07, 6.45) is -0.348. The zero-order valence-corrected chi connectivity index (χ0v) is 18.4. The van der Waals surface area contributed by atoms with Crippen molar-refractivity contribution in [2.24, 2.45) is 0 Å². The molecule has 1 aromatic heterocycles. The van der Waals surface area contributed by atoms with Gasteiger partial charge in [0.05, 0.1) is 33.1 Å². The lowest BCUT2D eigenvalue weighted by molar-refractivity contribution is -0.0117. The van der Waals surface area contributed by atoms with Gasteiger partial charge in [0.2, 0.25) is 6.30 Å². The van der Waals surface area contributed by atoms with E-state index in [4.69, 9.17) is 34.8 Å². The van der Waals surface area contributed by atoms with Crippen LogP contribution in [0.1, 0.15) is 12.5 Å². The second-order valence-electron chi connectivity index (χ2n) is 7.21. The normalized spacial score (nSPS) is 14.4. The Morgan fingerprint density at radius 2 is 1.68 bits per heavy atom. The summed E-state index contributed by atoms with van der Waals surface area (Å²) in [7, 11) is 0. The summed E-state index contributed by atoms with van der Waals surface area (Å²) < 4.78 is 30.0. The Morgan fingerprint density at radius 1 is 1.03 bits per heavy atom. The largest absolute Gasteiger partial charge is 0.380 e. The van der Waals surface area contributed by atoms with Crippen molar-refractivity contribution in [3.63, 3.8) is 0 Å². The zero-order chi connectivity index (χ0) is 22.3. The molecule has 160 valence electrons. The Balaban J connectivity index is 1.65. The number of nitrogens with one attached hydrogen (secondary N) is 1. The lowest BCUT2D eigenvalue weighted by Gasteiger charge is -2.29. The van der Waals surface area contributed by atoms with Crippen LogP contribution in [0.5, 0.6) is 0 Å². The Bertz CT molecular complexity index is 1240. The number of aromatic nitrogens is 2. The Hall–Kier alpha value is -2.38. The van der Waals surface area contributed by atoms with Crippen LogP contribution in [-0.4, -0.2) is 21.2 Å². The third-order valence-corrected chi connectivity index (χ3v) is 5.81. The fraction of sp³-hybridized carbons (Fsp3) is 0.136. The highest BCUT2D eigenvalue weighted by Crippen LogP contribution is 2.37. The van der Waals surface area contributed by atoms with E-state index in [1.165, 1.54) is 31.2 Å². The molecule has 4 rings (SSSR count). The molecular formula is C22H16Cl3F2N3O. The van der Waals surface area contributed by atoms with E-state index in [2.05, 4.69) is 10.4 Å². The number of benzene rings is 3. The summed E-state index contributed by atoms with van der Waals surface area (Å²) in [4.78, 5) is 0. The fourth-order valence-corrected chi connectivity index (χ4v) is 4.16. The zero-order valence-electron chi connectivity index (χ0n) is 16.1. The third kappa shape index (κ3) is 4.21. The molecule has 9 heteroatoms. The molecular weight excluding hydrogens is 467 g/mol. The van der Waals surface area contributed by atoms with E-state index in [0.717, 1.165) is 5.52 Å². The summed E-state index contributed by atoms with van der Waals surface area (Å²) in [5.41, 5.74) is -0.0739. The molecule has 0 aliphatic heterocycles. The van der Waals surface area contributed by atoms with E-state index in [-0.39, 0.29) is 21.5 Å². The number of alkyl halides is 1. The highest BCUT2D eigenvalue weighted by atomic mass is 35.5. The van der Waals surface area contributed by atoms with E-state index < -0.39 is 11.9 Å². The van der Waals surface area contributed by atoms with Gasteiger partial charge in [-0.3, -0.25) is 0 Å². The van der Waals surface area contributed by atoms with Gasteiger partial charge in [0, 0.05) is 10.4 Å². The highest BCUT2D eigenvalue weighted by molar-refractivity contribution is 6.41. The van der Waals surface area contributed by atoms with Gasteiger partial charge in [-0.1, -0.05) is 40.9 Å². The van der Waals surface area contributed by atoms with Crippen molar-refractivity contribution in [1.29, 1.82) is 0 Å². The fourth-order valence-electron chi connectivity index (χ4n) is 3.23. The second kappa shape index (κ2) is 8.28. The molecule has 2 N–H and O–H groups in total. The molecule has 0 fully saturated rings. The van der Waals surface area contributed by atoms with Gasteiger partial charge in [0.25, 0.3) is 0 Å². The Labute approximate surface area is 192 Å². The van der Waals surface area contributed by atoms with Gasteiger partial charge in [0.1, 0.15) is 11.4 Å². The smallest absolute Gasteiger partial charge is 0.203 e. The van der Waals surface area contributed by atoms with E-state index in [9.17, 15) is 9.50 Å². The van der Waals surface area contributed by atoms with Crippen LogP contribution in [-0.2, 0) is 5.60 Å². The van der Waals surface area contributed by atoms with E-state index in [0.29, 0.717) is 21.7 Å². The first-order valence-electron chi connectivity index (χ1n) is 9.18. The number of nitrogens with zero attached hydrogens (tertiary/aromatic N) is 2. The number of aliphatic hydroxyl groups is 1. The van der Waals surface area contributed by atoms with Crippen molar-refractivity contribution in [2.45, 2.75) is 18.8 Å². The average Bonchev–Trinajstić information content (AvgIpc) is 3.14. The van der Waals surface area contributed by atoms with Crippen LogP contribution < -0.4 is 5.32 Å². The van der Waals surface area contributed by atoms with Gasteiger partial charge in [-0.25, -0.2) is 13.5 Å². The van der Waals surface area contributed by atoms with Gasteiger partial charge in [0.15, 0.2) is 0 Å². The lowest BCUT2D eigenvalue weighted by Crippen LogP contribution is -2.39. The molecule has 3 aromatic carbocycles. The van der Waals surface area contributed by atoms with Crippen LogP contribution in [0.4, 0.5) is 14.5 Å². The van der Waals surface area contributed by atoms with Gasteiger partial charge >= 0.3 is 0 Å². The van der Waals surface area contributed by atoms with E-state index in [1.54, 1.807) is 41.2 Å². The van der Waals surface area contributed by atoms with Gasteiger partial charge < -0.3 is 10.4 Å². The first kappa shape index (κ1) is 21.8. The number of hydrogen-bond acceptors (Lipinski definition) is 3. The second-order valence-corrected chi connectivity index (χ2v) is 8.46. The standard InChI is InChI=1S/C22H16Cl3F2N3O/c1-22(31,21(27)29-20-17(24)9-14(23)10-18(20)25)13-2-7-19-12(8-13)11-28-30(19)16-5-3-15(26)4-6-16/h2-11,21,29,31H,1H3. The van der Waals surface area contributed by atoms with Crippen LogP contribution in [0, 0.1) is 5.82 Å². The first-order chi connectivity index (χ1) is 14.7. The quantitative estimate of drug-likeness (QED) is 0.310. The number of rotatable bonds is 5. The molecule has 0 bridgehead atoms. The predicted molar refractivity (Wildman–Crippen MR) is 121 cm³/mol. The SMILES string of the molecule is CC(O)(c1ccc2c(cnn2-c2ccc(F)cc2)c1)C(F)Nc1c(Cl)cc(Cl)cc1Cl. The number of hydrogen-bond donors (Lipinski definition) is 2. The predicted octanol–water partition coefficient (Wildman–Crippen LogP) is 6.74. The molecule has 0 saturated carbocycles.